The highest BCUT2D eigenvalue weighted by molar-refractivity contribution is 6.11. The first-order chi connectivity index (χ1) is 18.1. The van der Waals surface area contributed by atoms with Gasteiger partial charge in [0.05, 0.1) is 25.2 Å². The number of alkyl halides is 4. The van der Waals surface area contributed by atoms with Crippen molar-refractivity contribution < 1.29 is 22.4 Å². The predicted molar refractivity (Wildman–Crippen MR) is 134 cm³/mol. The molecule has 8 nitrogen and oxygen atoms in total. The standard InChI is InChI=1S/C26H23F4N7O/c27-25(28)4-6-36(13-25)12-16-7-18(11-31-10-16)17-1-2-21-20(8-17)23(35-34-21)24(38)33-19-3-5-32-22(9-19)37-14-26(29,30)15-37/h1-3,5,7-11H,4,6,12-15H2,(H,34,35)(H,32,33,38). The van der Waals surface area contributed by atoms with E-state index in [1.54, 1.807) is 35.5 Å². The number of nitrogens with one attached hydrogen (secondary N) is 2. The quantitative estimate of drug-likeness (QED) is 0.359. The van der Waals surface area contributed by atoms with Gasteiger partial charge in [0.15, 0.2) is 5.69 Å². The van der Waals surface area contributed by atoms with Crippen LogP contribution in [0, 0.1) is 0 Å². The second kappa shape index (κ2) is 9.05. The molecule has 0 unspecified atom stereocenters. The minimum Gasteiger partial charge on any atom is -0.344 e. The van der Waals surface area contributed by atoms with E-state index in [0.717, 1.165) is 16.7 Å². The summed E-state index contributed by atoms with van der Waals surface area (Å²) in [5.41, 5.74) is 3.62. The molecule has 2 aliphatic heterocycles. The molecule has 12 heteroatoms. The molecule has 0 spiro atoms. The number of H-pyrrole nitrogens is 1. The minimum atomic E-state index is -2.73. The average Bonchev–Trinajstić information content (AvgIpc) is 3.44. The Morgan fingerprint density at radius 3 is 2.61 bits per heavy atom. The van der Waals surface area contributed by atoms with Crippen molar-refractivity contribution in [3.8, 4) is 11.1 Å². The van der Waals surface area contributed by atoms with Crippen LogP contribution in [0.2, 0.25) is 0 Å². The first kappa shape index (κ1) is 24.3. The van der Waals surface area contributed by atoms with E-state index in [-0.39, 0.29) is 18.7 Å². The number of hydrogen-bond acceptors (Lipinski definition) is 6. The number of aromatic nitrogens is 4. The normalized spacial score (nSPS) is 18.5. The number of benzene rings is 1. The number of anilines is 2. The SMILES string of the molecule is O=C(Nc1ccnc(N2CC(F)(F)C2)c1)c1n[nH]c2ccc(-c3cncc(CN4CCC(F)(F)C4)c3)cc12. The van der Waals surface area contributed by atoms with Crippen LogP contribution < -0.4 is 10.2 Å². The van der Waals surface area contributed by atoms with Gasteiger partial charge in [0.2, 0.25) is 0 Å². The van der Waals surface area contributed by atoms with Crippen molar-refractivity contribution in [2.24, 2.45) is 0 Å². The number of fused-ring (bicyclic) bond motifs is 1. The minimum absolute atomic E-state index is 0.142. The molecule has 0 aliphatic carbocycles. The number of hydrogen-bond donors (Lipinski definition) is 2. The lowest BCUT2D eigenvalue weighted by Gasteiger charge is -2.39. The first-order valence-corrected chi connectivity index (χ1v) is 12.1. The third kappa shape index (κ3) is 4.91. The summed E-state index contributed by atoms with van der Waals surface area (Å²) in [5.74, 6) is -5.51. The van der Waals surface area contributed by atoms with E-state index in [0.29, 0.717) is 35.5 Å². The third-order valence-electron chi connectivity index (χ3n) is 6.73. The fraction of sp³-hybridized carbons (Fsp3) is 0.308. The van der Waals surface area contributed by atoms with E-state index >= 15 is 0 Å². The zero-order valence-corrected chi connectivity index (χ0v) is 20.1. The zero-order chi connectivity index (χ0) is 26.5. The number of aromatic amines is 1. The van der Waals surface area contributed by atoms with E-state index in [4.69, 9.17) is 0 Å². The van der Waals surface area contributed by atoms with Crippen molar-refractivity contribution in [2.75, 3.05) is 36.4 Å². The van der Waals surface area contributed by atoms with Crippen molar-refractivity contribution in [3.63, 3.8) is 0 Å². The molecule has 4 aromatic rings. The van der Waals surface area contributed by atoms with Gasteiger partial charge < -0.3 is 10.2 Å². The van der Waals surface area contributed by atoms with Gasteiger partial charge in [-0.2, -0.15) is 5.10 Å². The topological polar surface area (TPSA) is 90.0 Å². The number of amides is 1. The second-order valence-electron chi connectivity index (χ2n) is 9.80. The molecular weight excluding hydrogens is 502 g/mol. The molecule has 3 aromatic heterocycles. The summed E-state index contributed by atoms with van der Waals surface area (Å²) < 4.78 is 53.6. The Bertz CT molecular complexity index is 1510. The maximum atomic E-state index is 13.6. The lowest BCUT2D eigenvalue weighted by atomic mass is 10.0. The highest BCUT2D eigenvalue weighted by atomic mass is 19.3. The third-order valence-corrected chi connectivity index (χ3v) is 6.73. The smallest absolute Gasteiger partial charge is 0.282 e. The Balaban J connectivity index is 1.21. The summed E-state index contributed by atoms with van der Waals surface area (Å²) in [6.45, 7) is -0.378. The molecule has 5 heterocycles. The van der Waals surface area contributed by atoms with E-state index in [2.05, 4.69) is 25.5 Å². The van der Waals surface area contributed by atoms with Crippen molar-refractivity contribution >= 4 is 28.3 Å². The maximum absolute atomic E-state index is 13.6. The lowest BCUT2D eigenvalue weighted by Crippen LogP contribution is -2.56. The number of carbonyl (C=O) groups excluding carboxylic acids is 1. The molecule has 2 N–H and O–H groups in total. The molecule has 38 heavy (non-hydrogen) atoms. The van der Waals surface area contributed by atoms with E-state index in [1.165, 1.54) is 11.1 Å². The van der Waals surface area contributed by atoms with Crippen LogP contribution in [0.4, 0.5) is 29.1 Å². The van der Waals surface area contributed by atoms with Crippen LogP contribution >= 0.6 is 0 Å². The van der Waals surface area contributed by atoms with Crippen molar-refractivity contribution in [1.82, 2.24) is 25.1 Å². The average molecular weight is 526 g/mol. The van der Waals surface area contributed by atoms with Crippen molar-refractivity contribution in [1.29, 1.82) is 0 Å². The number of rotatable bonds is 6. The first-order valence-electron chi connectivity index (χ1n) is 12.1. The van der Waals surface area contributed by atoms with Gasteiger partial charge in [-0.05, 0) is 35.4 Å². The molecule has 0 saturated carbocycles. The molecule has 0 bridgehead atoms. The molecule has 6 rings (SSSR count). The van der Waals surface area contributed by atoms with Crippen LogP contribution in [0.3, 0.4) is 0 Å². The van der Waals surface area contributed by atoms with Crippen LogP contribution in [-0.4, -0.2) is 69.0 Å². The Labute approximate surface area is 214 Å². The van der Waals surface area contributed by atoms with Gasteiger partial charge in [0.25, 0.3) is 17.8 Å². The summed E-state index contributed by atoms with van der Waals surface area (Å²) in [5, 5.41) is 10.4. The molecule has 0 atom stereocenters. The number of likely N-dealkylation sites (tertiary alicyclic amines) is 1. The van der Waals surface area contributed by atoms with Gasteiger partial charge >= 0.3 is 0 Å². The number of carbonyl (C=O) groups is 1. The van der Waals surface area contributed by atoms with Crippen molar-refractivity contribution in [2.45, 2.75) is 24.8 Å². The molecule has 0 radical (unpaired) electrons. The van der Waals surface area contributed by atoms with Gasteiger partial charge in [0.1, 0.15) is 5.82 Å². The van der Waals surface area contributed by atoms with Gasteiger partial charge in [0, 0.05) is 60.8 Å². The number of nitrogens with zero attached hydrogens (tertiary/aromatic N) is 5. The number of halogens is 4. The van der Waals surface area contributed by atoms with Gasteiger partial charge in [-0.15, -0.1) is 0 Å². The van der Waals surface area contributed by atoms with Crippen LogP contribution in [-0.2, 0) is 6.54 Å². The highest BCUT2D eigenvalue weighted by Crippen LogP contribution is 2.32. The molecule has 2 fully saturated rings. The highest BCUT2D eigenvalue weighted by Gasteiger charge is 2.44. The summed E-state index contributed by atoms with van der Waals surface area (Å²) in [6.07, 6.45) is 4.66. The summed E-state index contributed by atoms with van der Waals surface area (Å²) in [6, 6.07) is 10.5. The van der Waals surface area contributed by atoms with Crippen LogP contribution in [0.1, 0.15) is 22.5 Å². The Kier molecular flexibility index (Phi) is 5.78. The molecule has 2 aliphatic rings. The maximum Gasteiger partial charge on any atom is 0.282 e. The molecule has 2 saturated heterocycles. The largest absolute Gasteiger partial charge is 0.344 e. The Morgan fingerprint density at radius 1 is 1.00 bits per heavy atom. The zero-order valence-electron chi connectivity index (χ0n) is 20.1. The summed E-state index contributed by atoms with van der Waals surface area (Å²) in [4.78, 5) is 24.6. The number of pyridine rings is 2. The predicted octanol–water partition coefficient (Wildman–Crippen LogP) is 4.57. The van der Waals surface area contributed by atoms with E-state index in [9.17, 15) is 22.4 Å². The lowest BCUT2D eigenvalue weighted by molar-refractivity contribution is -0.0267. The van der Waals surface area contributed by atoms with E-state index < -0.39 is 30.8 Å². The molecule has 1 aromatic carbocycles. The van der Waals surface area contributed by atoms with Crippen molar-refractivity contribution in [3.05, 3.63) is 66.2 Å². The Hall–Kier alpha value is -4.06. The molecular formula is C26H23F4N7O. The fourth-order valence-electron chi connectivity index (χ4n) is 4.83. The summed E-state index contributed by atoms with van der Waals surface area (Å²) in [7, 11) is 0. The summed E-state index contributed by atoms with van der Waals surface area (Å²) >= 11 is 0. The van der Waals surface area contributed by atoms with Gasteiger partial charge in [-0.3, -0.25) is 19.8 Å². The monoisotopic (exact) mass is 525 g/mol. The second-order valence-corrected chi connectivity index (χ2v) is 9.80. The van der Waals surface area contributed by atoms with Crippen LogP contribution in [0.5, 0.6) is 0 Å². The van der Waals surface area contributed by atoms with Gasteiger partial charge in [-0.25, -0.2) is 22.5 Å². The Morgan fingerprint density at radius 2 is 1.84 bits per heavy atom. The molecule has 1 amide bonds. The van der Waals surface area contributed by atoms with Gasteiger partial charge in [-0.1, -0.05) is 6.07 Å². The van der Waals surface area contributed by atoms with Crippen LogP contribution in [0.15, 0.2) is 55.0 Å². The van der Waals surface area contributed by atoms with Crippen LogP contribution in [0.25, 0.3) is 22.0 Å². The fourth-order valence-corrected chi connectivity index (χ4v) is 4.83. The molecule has 196 valence electrons. The van der Waals surface area contributed by atoms with E-state index in [1.807, 2.05) is 18.2 Å².